The molecule has 0 radical (unpaired) electrons. The van der Waals surface area contributed by atoms with E-state index in [1.54, 1.807) is 0 Å². The minimum atomic E-state index is -4.43. The van der Waals surface area contributed by atoms with E-state index in [2.05, 4.69) is 55.6 Å². The number of nitrogens with zero attached hydrogens (tertiary/aromatic N) is 1. The number of likely N-dealkylation sites (N-methyl/N-ethyl adjacent to an activating group) is 1. The Labute approximate surface area is 453 Å². The van der Waals surface area contributed by atoms with E-state index in [0.29, 0.717) is 23.9 Å². The lowest BCUT2D eigenvalue weighted by Crippen LogP contribution is -2.51. The Bertz CT molecular complexity index is 1300. The van der Waals surface area contributed by atoms with Gasteiger partial charge in [0.1, 0.15) is 19.3 Å². The lowest BCUT2D eigenvalue weighted by atomic mass is 10.0. The van der Waals surface area contributed by atoms with Crippen LogP contribution in [0, 0.1) is 0 Å². The fourth-order valence-electron chi connectivity index (χ4n) is 9.47. The summed E-state index contributed by atoms with van der Waals surface area (Å²) >= 11 is 0. The molecule has 0 bridgehead atoms. The van der Waals surface area contributed by atoms with Crippen LogP contribution in [0.4, 0.5) is 0 Å². The first-order valence-electron chi connectivity index (χ1n) is 31.4. The van der Waals surface area contributed by atoms with E-state index in [0.717, 1.165) is 38.5 Å². The van der Waals surface area contributed by atoms with E-state index in [1.165, 1.54) is 231 Å². The highest BCUT2D eigenvalue weighted by Gasteiger charge is 2.32. The smallest absolute Gasteiger partial charge is 0.390 e. The molecule has 4 atom stereocenters. The largest absolute Gasteiger partial charge is 0.472 e. The SMILES string of the molecule is CCCCCCC/C=C\C/C=C\CCCCCCCCCCCCCCCCCCCCCCCCCCCC(=O)NC(COP(=O)(O)OCC[N+](C)(C)C)C(O)C(O)CCC/C=C/CCCCCCCCC. The normalized spacial score (nSPS) is 14.5. The first-order valence-corrected chi connectivity index (χ1v) is 32.9. The van der Waals surface area contributed by atoms with E-state index in [9.17, 15) is 24.5 Å². The summed E-state index contributed by atoms with van der Waals surface area (Å²) in [4.78, 5) is 23.3. The number of quaternary nitrogens is 1. The fourth-order valence-corrected chi connectivity index (χ4v) is 10.2. The predicted octanol–water partition coefficient (Wildman–Crippen LogP) is 18.3. The summed E-state index contributed by atoms with van der Waals surface area (Å²) in [6.45, 7) is 4.59. The first-order chi connectivity index (χ1) is 35.4. The fraction of sp³-hybridized carbons (Fsp3) is 0.889. The van der Waals surface area contributed by atoms with Crippen molar-refractivity contribution in [3.8, 4) is 0 Å². The van der Waals surface area contributed by atoms with Crippen LogP contribution in [0.15, 0.2) is 36.5 Å². The third kappa shape index (κ3) is 55.3. The summed E-state index contributed by atoms with van der Waals surface area (Å²) in [5, 5.41) is 24.8. The third-order valence-electron chi connectivity index (χ3n) is 14.5. The van der Waals surface area contributed by atoms with Gasteiger partial charge in [-0.25, -0.2) is 4.57 Å². The van der Waals surface area contributed by atoms with Gasteiger partial charge in [-0.3, -0.25) is 13.8 Å². The zero-order valence-electron chi connectivity index (χ0n) is 49.0. The van der Waals surface area contributed by atoms with Crippen LogP contribution in [0.5, 0.6) is 0 Å². The average Bonchev–Trinajstić information content (AvgIpc) is 3.35. The van der Waals surface area contributed by atoms with Crippen LogP contribution in [-0.4, -0.2) is 84.6 Å². The van der Waals surface area contributed by atoms with Crippen LogP contribution in [0.1, 0.15) is 303 Å². The van der Waals surface area contributed by atoms with Gasteiger partial charge in [0.2, 0.25) is 5.91 Å². The Hall–Kier alpha value is -1.32. The molecule has 0 aromatic carbocycles. The molecule has 10 heteroatoms. The monoisotopic (exact) mass is 1050 g/mol. The highest BCUT2D eigenvalue weighted by Crippen LogP contribution is 2.43. The van der Waals surface area contributed by atoms with Crippen molar-refractivity contribution in [1.82, 2.24) is 5.32 Å². The van der Waals surface area contributed by atoms with Gasteiger partial charge in [0, 0.05) is 6.42 Å². The van der Waals surface area contributed by atoms with Crippen LogP contribution in [0.3, 0.4) is 0 Å². The van der Waals surface area contributed by atoms with Crippen molar-refractivity contribution in [2.24, 2.45) is 0 Å². The number of allylic oxidation sites excluding steroid dienone is 6. The Kier molecular flexibility index (Phi) is 53.1. The lowest BCUT2D eigenvalue weighted by Gasteiger charge is -2.28. The van der Waals surface area contributed by atoms with Gasteiger partial charge in [0.05, 0.1) is 39.9 Å². The lowest BCUT2D eigenvalue weighted by molar-refractivity contribution is -0.870. The van der Waals surface area contributed by atoms with Crippen LogP contribution in [0.25, 0.3) is 0 Å². The second-order valence-electron chi connectivity index (χ2n) is 22.9. The minimum Gasteiger partial charge on any atom is -0.390 e. The topological polar surface area (TPSA) is 125 Å². The molecule has 0 heterocycles. The number of phosphoric ester groups is 1. The second kappa shape index (κ2) is 54.1. The highest BCUT2D eigenvalue weighted by molar-refractivity contribution is 7.47. The molecule has 0 rings (SSSR count). The Morgan fingerprint density at radius 2 is 0.808 bits per heavy atom. The molecule has 0 aliphatic carbocycles. The minimum absolute atomic E-state index is 0.0182. The second-order valence-corrected chi connectivity index (χ2v) is 24.4. The summed E-state index contributed by atoms with van der Waals surface area (Å²) < 4.78 is 23.6. The predicted molar refractivity (Wildman–Crippen MR) is 315 cm³/mol. The molecule has 4 N–H and O–H groups in total. The number of amides is 1. The molecule has 0 aliphatic heterocycles. The molecular weight excluding hydrogens is 928 g/mol. The standard InChI is InChI=1S/C63H123N2O7P/c1-6-8-10-12-14-16-18-20-21-22-23-24-25-26-27-28-29-30-31-32-33-34-35-36-37-38-39-40-41-42-43-44-46-48-50-52-54-56-62(67)64-60(59-72-73(69,70)71-58-57-65(3,4)5)63(68)61(66)55-53-51-49-47-45-19-17-15-13-11-9-7-2/h18,20,22-23,47,49,60-61,63,66,68H,6-17,19,21,24-46,48,50-59H2,1-5H3,(H-,64,67,69,70)/p+1/b20-18-,23-22-,49-47+. The number of nitrogens with one attached hydrogen (secondary N) is 1. The van der Waals surface area contributed by atoms with Crippen molar-refractivity contribution < 1.29 is 38.0 Å². The van der Waals surface area contributed by atoms with Crippen molar-refractivity contribution in [2.45, 2.75) is 321 Å². The van der Waals surface area contributed by atoms with Gasteiger partial charge in [-0.1, -0.05) is 262 Å². The molecule has 432 valence electrons. The molecular formula is C63H124N2O7P+. The molecule has 1 amide bonds. The first kappa shape index (κ1) is 71.7. The molecule has 0 aliphatic rings. The number of hydrogen-bond acceptors (Lipinski definition) is 6. The molecule has 9 nitrogen and oxygen atoms in total. The van der Waals surface area contributed by atoms with E-state index in [4.69, 9.17) is 9.05 Å². The van der Waals surface area contributed by atoms with Crippen LogP contribution >= 0.6 is 7.82 Å². The van der Waals surface area contributed by atoms with Crippen molar-refractivity contribution >= 4 is 13.7 Å². The quantitative estimate of drug-likeness (QED) is 0.0207. The number of rotatable bonds is 58. The molecule has 4 unspecified atom stereocenters. The molecule has 0 saturated heterocycles. The summed E-state index contributed by atoms with van der Waals surface area (Å²) in [6, 6.07) is -1.05. The Balaban J connectivity index is 3.96. The number of unbranched alkanes of at least 4 members (excludes halogenated alkanes) is 38. The maximum atomic E-state index is 13.0. The van der Waals surface area contributed by atoms with Gasteiger partial charge < -0.3 is 24.9 Å². The number of hydrogen-bond donors (Lipinski definition) is 4. The molecule has 0 fully saturated rings. The highest BCUT2D eigenvalue weighted by atomic mass is 31.2. The van der Waals surface area contributed by atoms with Crippen LogP contribution in [0.2, 0.25) is 0 Å². The van der Waals surface area contributed by atoms with Crippen molar-refractivity contribution in [3.05, 3.63) is 36.5 Å². The zero-order chi connectivity index (χ0) is 53.6. The van der Waals surface area contributed by atoms with Crippen LogP contribution in [-0.2, 0) is 18.4 Å². The molecule has 73 heavy (non-hydrogen) atoms. The van der Waals surface area contributed by atoms with E-state index >= 15 is 0 Å². The average molecular weight is 1050 g/mol. The Morgan fingerprint density at radius 1 is 0.479 bits per heavy atom. The van der Waals surface area contributed by atoms with Gasteiger partial charge in [0.15, 0.2) is 0 Å². The van der Waals surface area contributed by atoms with E-state index in [-0.39, 0.29) is 18.9 Å². The number of carbonyl (C=O) groups is 1. The number of aliphatic hydroxyl groups is 2. The summed E-state index contributed by atoms with van der Waals surface area (Å²) in [7, 11) is 1.43. The maximum Gasteiger partial charge on any atom is 0.472 e. The summed E-state index contributed by atoms with van der Waals surface area (Å²) in [5.74, 6) is -0.263. The number of aliphatic hydroxyl groups excluding tert-OH is 2. The number of carbonyl (C=O) groups excluding carboxylic acids is 1. The molecule has 0 aromatic heterocycles. The van der Waals surface area contributed by atoms with Crippen molar-refractivity contribution in [1.29, 1.82) is 0 Å². The molecule has 0 spiro atoms. The van der Waals surface area contributed by atoms with Gasteiger partial charge in [-0.05, 0) is 70.6 Å². The van der Waals surface area contributed by atoms with Crippen molar-refractivity contribution in [3.63, 3.8) is 0 Å². The molecule has 0 aromatic rings. The number of phosphoric acid groups is 1. The van der Waals surface area contributed by atoms with Crippen molar-refractivity contribution in [2.75, 3.05) is 40.9 Å². The van der Waals surface area contributed by atoms with Gasteiger partial charge in [-0.15, -0.1) is 0 Å². The van der Waals surface area contributed by atoms with Gasteiger partial charge >= 0.3 is 7.82 Å². The van der Waals surface area contributed by atoms with Gasteiger partial charge in [-0.2, -0.15) is 0 Å². The third-order valence-corrected chi connectivity index (χ3v) is 15.4. The summed E-state index contributed by atoms with van der Waals surface area (Å²) in [6.07, 6.45) is 67.0. The van der Waals surface area contributed by atoms with E-state index < -0.39 is 32.7 Å². The summed E-state index contributed by atoms with van der Waals surface area (Å²) in [5.41, 5.74) is 0. The Morgan fingerprint density at radius 3 is 1.18 bits per heavy atom. The van der Waals surface area contributed by atoms with Gasteiger partial charge in [0.25, 0.3) is 0 Å². The van der Waals surface area contributed by atoms with E-state index in [1.807, 2.05) is 21.1 Å². The zero-order valence-corrected chi connectivity index (χ0v) is 49.9. The maximum absolute atomic E-state index is 13.0. The molecule has 0 saturated carbocycles. The van der Waals surface area contributed by atoms with Crippen LogP contribution < -0.4 is 5.32 Å².